The zero-order valence-electron chi connectivity index (χ0n) is 10.8. The Morgan fingerprint density at radius 2 is 2.10 bits per heavy atom. The van der Waals surface area contributed by atoms with Gasteiger partial charge in [-0.2, -0.15) is 5.26 Å². The van der Waals surface area contributed by atoms with Crippen molar-refractivity contribution in [3.63, 3.8) is 0 Å². The van der Waals surface area contributed by atoms with Crippen LogP contribution in [0.1, 0.15) is 31.2 Å². The van der Waals surface area contributed by atoms with E-state index in [4.69, 9.17) is 5.26 Å². The number of hydrogen-bond acceptors (Lipinski definition) is 6. The summed E-state index contributed by atoms with van der Waals surface area (Å²) in [6.45, 7) is 0. The maximum Gasteiger partial charge on any atom is 0.329 e. The van der Waals surface area contributed by atoms with E-state index in [1.165, 1.54) is 12.3 Å². The van der Waals surface area contributed by atoms with Gasteiger partial charge in [-0.3, -0.25) is 10.1 Å². The van der Waals surface area contributed by atoms with Gasteiger partial charge in [0.15, 0.2) is 0 Å². The molecule has 3 heterocycles. The molecule has 2 saturated heterocycles. The number of nitro groups is 1. The zero-order chi connectivity index (χ0) is 14.3. The van der Waals surface area contributed by atoms with Gasteiger partial charge in [-0.25, -0.2) is 4.98 Å². The molecule has 2 unspecified atom stereocenters. The summed E-state index contributed by atoms with van der Waals surface area (Å²) >= 11 is 0. The maximum atomic E-state index is 11.3. The van der Waals surface area contributed by atoms with Gasteiger partial charge in [0.05, 0.1) is 11.0 Å². The summed E-state index contributed by atoms with van der Waals surface area (Å²) in [5.74, 6) is 0.272. The number of fused-ring (bicyclic) bond motifs is 2. The van der Waals surface area contributed by atoms with E-state index >= 15 is 0 Å². The fraction of sp³-hybridized carbons (Fsp3) is 0.538. The Balaban J connectivity index is 2.08. The number of nitrogens with zero attached hydrogens (tertiary/aromatic N) is 4. The van der Waals surface area contributed by atoms with Crippen molar-refractivity contribution in [1.29, 1.82) is 5.26 Å². The van der Waals surface area contributed by atoms with Crippen molar-refractivity contribution in [1.82, 2.24) is 4.98 Å². The first-order valence-corrected chi connectivity index (χ1v) is 6.61. The first-order valence-electron chi connectivity index (χ1n) is 6.61. The second kappa shape index (κ2) is 4.72. The normalized spacial score (nSPS) is 28.2. The van der Waals surface area contributed by atoms with E-state index in [0.29, 0.717) is 12.8 Å². The number of pyridine rings is 1. The largest absolute Gasteiger partial charge is 0.393 e. The Bertz CT molecular complexity index is 584. The van der Waals surface area contributed by atoms with E-state index in [0.717, 1.165) is 12.8 Å². The number of aliphatic hydroxyl groups excluding tert-OH is 1. The number of anilines is 1. The van der Waals surface area contributed by atoms with Crippen LogP contribution in [0.2, 0.25) is 0 Å². The van der Waals surface area contributed by atoms with Gasteiger partial charge in [0.1, 0.15) is 11.6 Å². The SMILES string of the molecule is N#Cc1ccnc(N2C3CCC2CC(O)C3)c1[N+](=O)[O-]. The molecule has 1 aromatic rings. The topological polar surface area (TPSA) is 103 Å². The van der Waals surface area contributed by atoms with Crippen LogP contribution in [0.15, 0.2) is 12.3 Å². The lowest BCUT2D eigenvalue weighted by Crippen LogP contribution is -2.45. The highest BCUT2D eigenvalue weighted by Gasteiger charge is 2.43. The van der Waals surface area contributed by atoms with Crippen molar-refractivity contribution in [2.24, 2.45) is 0 Å². The molecule has 3 rings (SSSR count). The van der Waals surface area contributed by atoms with Crippen LogP contribution >= 0.6 is 0 Å². The quantitative estimate of drug-likeness (QED) is 0.645. The van der Waals surface area contributed by atoms with Crippen LogP contribution in [0.25, 0.3) is 0 Å². The Morgan fingerprint density at radius 3 is 2.65 bits per heavy atom. The van der Waals surface area contributed by atoms with Gasteiger partial charge in [-0.05, 0) is 31.7 Å². The van der Waals surface area contributed by atoms with Crippen molar-refractivity contribution in [3.8, 4) is 6.07 Å². The van der Waals surface area contributed by atoms with Crippen LogP contribution < -0.4 is 4.90 Å². The van der Waals surface area contributed by atoms with Crippen molar-refractivity contribution < 1.29 is 10.0 Å². The van der Waals surface area contributed by atoms with E-state index in [-0.39, 0.29) is 35.3 Å². The standard InChI is InChI=1S/C13H14N4O3/c14-7-8-3-4-15-13(12(8)17(19)20)16-9-1-2-10(16)6-11(18)5-9/h3-4,9-11,18H,1-2,5-6H2. The highest BCUT2D eigenvalue weighted by molar-refractivity contribution is 5.67. The van der Waals surface area contributed by atoms with Crippen molar-refractivity contribution in [2.75, 3.05) is 4.90 Å². The molecule has 0 aromatic carbocycles. The van der Waals surface area contributed by atoms with Crippen molar-refractivity contribution >= 4 is 11.5 Å². The zero-order valence-corrected chi connectivity index (χ0v) is 10.8. The molecular weight excluding hydrogens is 260 g/mol. The molecule has 0 amide bonds. The number of aliphatic hydroxyl groups is 1. The lowest BCUT2D eigenvalue weighted by molar-refractivity contribution is -0.384. The van der Waals surface area contributed by atoms with Crippen molar-refractivity contribution in [2.45, 2.75) is 43.9 Å². The summed E-state index contributed by atoms with van der Waals surface area (Å²) in [5, 5.41) is 30.1. The highest BCUT2D eigenvalue weighted by atomic mass is 16.6. The molecule has 2 atom stereocenters. The molecule has 7 nitrogen and oxygen atoms in total. The second-order valence-electron chi connectivity index (χ2n) is 5.32. The van der Waals surface area contributed by atoms with Crippen LogP contribution in [0, 0.1) is 21.4 Å². The Kier molecular flexibility index (Phi) is 3.03. The highest BCUT2D eigenvalue weighted by Crippen LogP contribution is 2.42. The number of aromatic nitrogens is 1. The molecule has 7 heteroatoms. The minimum Gasteiger partial charge on any atom is -0.393 e. The van der Waals surface area contributed by atoms with Gasteiger partial charge in [-0.1, -0.05) is 0 Å². The number of piperidine rings is 1. The van der Waals surface area contributed by atoms with Crippen LogP contribution in [0.3, 0.4) is 0 Å². The Morgan fingerprint density at radius 1 is 1.45 bits per heavy atom. The van der Waals surface area contributed by atoms with Crippen molar-refractivity contribution in [3.05, 3.63) is 27.9 Å². The summed E-state index contributed by atoms with van der Waals surface area (Å²) in [4.78, 5) is 16.8. The van der Waals surface area contributed by atoms with Gasteiger partial charge < -0.3 is 10.0 Å². The fourth-order valence-corrected chi connectivity index (χ4v) is 3.40. The summed E-state index contributed by atoms with van der Waals surface area (Å²) in [5.41, 5.74) is -0.186. The molecule has 2 fully saturated rings. The average Bonchev–Trinajstić information content (AvgIpc) is 2.69. The monoisotopic (exact) mass is 274 g/mol. The van der Waals surface area contributed by atoms with E-state index in [1.54, 1.807) is 0 Å². The smallest absolute Gasteiger partial charge is 0.329 e. The van der Waals surface area contributed by atoms with Crippen LogP contribution in [0.4, 0.5) is 11.5 Å². The molecule has 0 saturated carbocycles. The lowest BCUT2D eigenvalue weighted by Gasteiger charge is -2.37. The van der Waals surface area contributed by atoms with E-state index < -0.39 is 4.92 Å². The van der Waals surface area contributed by atoms with Gasteiger partial charge in [0.25, 0.3) is 0 Å². The van der Waals surface area contributed by atoms with E-state index in [2.05, 4.69) is 4.98 Å². The minimum atomic E-state index is -0.536. The molecule has 20 heavy (non-hydrogen) atoms. The second-order valence-corrected chi connectivity index (χ2v) is 5.32. The third-order valence-electron chi connectivity index (χ3n) is 4.16. The maximum absolute atomic E-state index is 11.3. The van der Waals surface area contributed by atoms with Gasteiger partial charge in [0, 0.05) is 18.3 Å². The first kappa shape index (κ1) is 12.8. The predicted octanol–water partition coefficient (Wildman–Crippen LogP) is 1.35. The molecule has 1 aromatic heterocycles. The molecule has 104 valence electrons. The summed E-state index contributed by atoms with van der Waals surface area (Å²) in [6.07, 6.45) is 4.10. The molecule has 2 bridgehead atoms. The Hall–Kier alpha value is -2.20. The summed E-state index contributed by atoms with van der Waals surface area (Å²) < 4.78 is 0. The lowest BCUT2D eigenvalue weighted by atomic mass is 9.99. The molecule has 2 aliphatic rings. The molecule has 0 radical (unpaired) electrons. The molecule has 2 aliphatic heterocycles. The predicted molar refractivity (Wildman–Crippen MR) is 70.1 cm³/mol. The van der Waals surface area contributed by atoms with Crippen LogP contribution in [-0.4, -0.2) is 33.2 Å². The van der Waals surface area contributed by atoms with Crippen LogP contribution in [0.5, 0.6) is 0 Å². The average molecular weight is 274 g/mol. The van der Waals surface area contributed by atoms with E-state index in [9.17, 15) is 15.2 Å². The molecule has 1 N–H and O–H groups in total. The molecular formula is C13H14N4O3. The minimum absolute atomic E-state index is 0.0329. The Labute approximate surface area is 115 Å². The first-order chi connectivity index (χ1) is 9.61. The van der Waals surface area contributed by atoms with Gasteiger partial charge >= 0.3 is 5.69 Å². The third kappa shape index (κ3) is 1.89. The summed E-state index contributed by atoms with van der Waals surface area (Å²) in [6, 6.07) is 3.37. The molecule has 0 aliphatic carbocycles. The van der Waals surface area contributed by atoms with E-state index in [1.807, 2.05) is 11.0 Å². The van der Waals surface area contributed by atoms with Gasteiger partial charge in [0.2, 0.25) is 5.82 Å². The summed E-state index contributed by atoms with van der Waals surface area (Å²) in [7, 11) is 0. The molecule has 0 spiro atoms. The number of nitriles is 1. The third-order valence-corrected chi connectivity index (χ3v) is 4.16. The fourth-order valence-electron chi connectivity index (χ4n) is 3.40. The number of rotatable bonds is 2. The van der Waals surface area contributed by atoms with Gasteiger partial charge in [-0.15, -0.1) is 0 Å². The van der Waals surface area contributed by atoms with Crippen LogP contribution in [-0.2, 0) is 0 Å². The number of hydrogen-bond donors (Lipinski definition) is 1.